The molecule has 0 bridgehead atoms. The molecule has 25 heavy (non-hydrogen) atoms. The molecular weight excluding hydrogens is 362 g/mol. The molecule has 1 saturated heterocycles. The molecule has 0 aliphatic carbocycles. The molecule has 6 nitrogen and oxygen atoms in total. The fraction of sp³-hybridized carbons (Fsp3) is 0.588. The van der Waals surface area contributed by atoms with Gasteiger partial charge >= 0.3 is 0 Å². The molecule has 0 atom stereocenters. The molecule has 2 rings (SSSR count). The second-order valence-corrected chi connectivity index (χ2v) is 8.87. The number of amides is 1. The maximum atomic E-state index is 12.7. The van der Waals surface area contributed by atoms with E-state index in [1.54, 1.807) is 18.2 Å². The highest BCUT2D eigenvalue weighted by atomic mass is 35.5. The molecule has 1 heterocycles. The summed E-state index contributed by atoms with van der Waals surface area (Å²) in [5.74, 6) is -0.106. The van der Waals surface area contributed by atoms with E-state index in [2.05, 4.69) is 10.2 Å². The van der Waals surface area contributed by atoms with E-state index in [-0.39, 0.29) is 21.7 Å². The molecule has 0 spiro atoms. The minimum Gasteiger partial charge on any atom is -0.356 e. The average molecular weight is 388 g/mol. The first-order valence-electron chi connectivity index (χ1n) is 8.49. The molecule has 1 N–H and O–H groups in total. The van der Waals surface area contributed by atoms with E-state index in [9.17, 15) is 13.2 Å². The monoisotopic (exact) mass is 387 g/mol. The molecule has 1 amide bonds. The summed E-state index contributed by atoms with van der Waals surface area (Å²) in [5.41, 5.74) is 0. The van der Waals surface area contributed by atoms with Crippen LogP contribution in [0.3, 0.4) is 0 Å². The van der Waals surface area contributed by atoms with Crippen LogP contribution in [-0.2, 0) is 14.8 Å². The molecule has 0 unspecified atom stereocenters. The summed E-state index contributed by atoms with van der Waals surface area (Å²) in [7, 11) is 0.386. The third-order valence-corrected chi connectivity index (χ3v) is 6.76. The zero-order valence-electron chi connectivity index (χ0n) is 14.7. The van der Waals surface area contributed by atoms with Crippen molar-refractivity contribution in [3.63, 3.8) is 0 Å². The van der Waals surface area contributed by atoms with Crippen molar-refractivity contribution in [2.24, 2.45) is 5.92 Å². The van der Waals surface area contributed by atoms with Crippen LogP contribution in [0.5, 0.6) is 0 Å². The Morgan fingerprint density at radius 2 is 1.92 bits per heavy atom. The molecule has 1 aliphatic rings. The van der Waals surface area contributed by atoms with Gasteiger partial charge in [-0.3, -0.25) is 4.79 Å². The molecular formula is C17H26ClN3O3S. The van der Waals surface area contributed by atoms with Crippen molar-refractivity contribution in [3.05, 3.63) is 29.3 Å². The van der Waals surface area contributed by atoms with Crippen LogP contribution in [0.25, 0.3) is 0 Å². The first kappa shape index (κ1) is 20.2. The smallest absolute Gasteiger partial charge is 0.244 e. The van der Waals surface area contributed by atoms with E-state index in [4.69, 9.17) is 11.6 Å². The van der Waals surface area contributed by atoms with Gasteiger partial charge in [0.15, 0.2) is 0 Å². The van der Waals surface area contributed by atoms with Crippen molar-refractivity contribution in [2.75, 3.05) is 40.3 Å². The van der Waals surface area contributed by atoms with Gasteiger partial charge in [0.05, 0.1) is 5.02 Å². The summed E-state index contributed by atoms with van der Waals surface area (Å²) in [6, 6.07) is 6.45. The lowest BCUT2D eigenvalue weighted by Gasteiger charge is -2.30. The van der Waals surface area contributed by atoms with Crippen LogP contribution in [0, 0.1) is 5.92 Å². The van der Waals surface area contributed by atoms with Crippen LogP contribution in [0.2, 0.25) is 5.02 Å². The zero-order chi connectivity index (χ0) is 18.4. The normalized spacial score (nSPS) is 17.0. The van der Waals surface area contributed by atoms with Gasteiger partial charge in [-0.2, -0.15) is 4.31 Å². The van der Waals surface area contributed by atoms with E-state index < -0.39 is 10.0 Å². The standard InChI is InChI=1S/C17H26ClN3O3S/c1-20(2)11-5-10-19-17(22)14-8-12-21(13-9-14)25(23,24)16-7-4-3-6-15(16)18/h3-4,6-7,14H,5,8-13H2,1-2H3,(H,19,22). The van der Waals surface area contributed by atoms with Crippen LogP contribution in [0.15, 0.2) is 29.2 Å². The SMILES string of the molecule is CN(C)CCCNC(=O)C1CCN(S(=O)(=O)c2ccccc2Cl)CC1. The second-order valence-electron chi connectivity index (χ2n) is 6.56. The predicted molar refractivity (Wildman–Crippen MR) is 99.1 cm³/mol. The lowest BCUT2D eigenvalue weighted by Crippen LogP contribution is -2.43. The summed E-state index contributed by atoms with van der Waals surface area (Å²) in [6.45, 7) is 2.25. The van der Waals surface area contributed by atoms with Crippen molar-refractivity contribution in [1.82, 2.24) is 14.5 Å². The third kappa shape index (κ3) is 5.41. The minimum atomic E-state index is -3.61. The largest absolute Gasteiger partial charge is 0.356 e. The quantitative estimate of drug-likeness (QED) is 0.724. The number of rotatable bonds is 7. The van der Waals surface area contributed by atoms with Crippen LogP contribution < -0.4 is 5.32 Å². The van der Waals surface area contributed by atoms with Crippen molar-refractivity contribution >= 4 is 27.5 Å². The van der Waals surface area contributed by atoms with Gasteiger partial charge in [0.1, 0.15) is 4.90 Å². The Labute approximate surface area is 155 Å². The Hall–Kier alpha value is -1.15. The molecule has 8 heteroatoms. The molecule has 0 radical (unpaired) electrons. The maximum Gasteiger partial charge on any atom is 0.244 e. The lowest BCUT2D eigenvalue weighted by molar-refractivity contribution is -0.126. The van der Waals surface area contributed by atoms with E-state index in [1.807, 2.05) is 14.1 Å². The highest BCUT2D eigenvalue weighted by molar-refractivity contribution is 7.89. The molecule has 1 aromatic carbocycles. The van der Waals surface area contributed by atoms with Crippen molar-refractivity contribution in [3.8, 4) is 0 Å². The van der Waals surface area contributed by atoms with Gasteiger partial charge in [0.2, 0.25) is 15.9 Å². The summed E-state index contributed by atoms with van der Waals surface area (Å²) in [6.07, 6.45) is 1.96. The van der Waals surface area contributed by atoms with Gasteiger partial charge in [0.25, 0.3) is 0 Å². The molecule has 1 fully saturated rings. The Bertz CT molecular complexity index is 686. The number of benzene rings is 1. The van der Waals surface area contributed by atoms with Gasteiger partial charge in [0, 0.05) is 25.6 Å². The van der Waals surface area contributed by atoms with Gasteiger partial charge in [-0.15, -0.1) is 0 Å². The van der Waals surface area contributed by atoms with Crippen molar-refractivity contribution in [2.45, 2.75) is 24.2 Å². The number of carbonyl (C=O) groups is 1. The Morgan fingerprint density at radius 1 is 1.28 bits per heavy atom. The number of hydrogen-bond acceptors (Lipinski definition) is 4. The maximum absolute atomic E-state index is 12.7. The van der Waals surface area contributed by atoms with Gasteiger partial charge in [-0.1, -0.05) is 23.7 Å². The van der Waals surface area contributed by atoms with Gasteiger partial charge < -0.3 is 10.2 Å². The second kappa shape index (κ2) is 8.98. The number of piperidine rings is 1. The number of halogens is 1. The zero-order valence-corrected chi connectivity index (χ0v) is 16.3. The molecule has 0 saturated carbocycles. The van der Waals surface area contributed by atoms with Crippen molar-refractivity contribution in [1.29, 1.82) is 0 Å². The number of nitrogens with one attached hydrogen (secondary N) is 1. The Morgan fingerprint density at radius 3 is 2.52 bits per heavy atom. The summed E-state index contributed by atoms with van der Waals surface area (Å²) in [4.78, 5) is 14.4. The van der Waals surface area contributed by atoms with E-state index in [0.29, 0.717) is 32.5 Å². The van der Waals surface area contributed by atoms with Gasteiger partial charge in [-0.05, 0) is 52.0 Å². The fourth-order valence-electron chi connectivity index (χ4n) is 2.90. The number of hydrogen-bond donors (Lipinski definition) is 1. The topological polar surface area (TPSA) is 69.7 Å². The van der Waals surface area contributed by atoms with Crippen LogP contribution in [0.1, 0.15) is 19.3 Å². The first-order chi connectivity index (χ1) is 11.8. The summed E-state index contributed by atoms with van der Waals surface area (Å²) < 4.78 is 26.8. The fourth-order valence-corrected chi connectivity index (χ4v) is 4.87. The Balaban J connectivity index is 1.87. The van der Waals surface area contributed by atoms with Gasteiger partial charge in [-0.25, -0.2) is 8.42 Å². The van der Waals surface area contributed by atoms with Crippen LogP contribution in [0.4, 0.5) is 0 Å². The molecule has 0 aromatic heterocycles. The van der Waals surface area contributed by atoms with E-state index >= 15 is 0 Å². The number of sulfonamides is 1. The first-order valence-corrected chi connectivity index (χ1v) is 10.3. The van der Waals surface area contributed by atoms with E-state index in [0.717, 1.165) is 13.0 Å². The molecule has 1 aliphatic heterocycles. The molecule has 140 valence electrons. The van der Waals surface area contributed by atoms with Crippen LogP contribution in [-0.4, -0.2) is 63.8 Å². The summed E-state index contributed by atoms with van der Waals surface area (Å²) >= 11 is 6.03. The third-order valence-electron chi connectivity index (χ3n) is 4.36. The van der Waals surface area contributed by atoms with E-state index in [1.165, 1.54) is 10.4 Å². The molecule has 1 aromatic rings. The predicted octanol–water partition coefficient (Wildman–Crippen LogP) is 1.81. The number of nitrogens with zero attached hydrogens (tertiary/aromatic N) is 2. The summed E-state index contributed by atoms with van der Waals surface area (Å²) in [5, 5.41) is 3.17. The number of carbonyl (C=O) groups excluding carboxylic acids is 1. The highest BCUT2D eigenvalue weighted by Gasteiger charge is 2.32. The van der Waals surface area contributed by atoms with Crippen LogP contribution >= 0.6 is 11.6 Å². The Kier molecular flexibility index (Phi) is 7.25. The van der Waals surface area contributed by atoms with Crippen molar-refractivity contribution < 1.29 is 13.2 Å². The minimum absolute atomic E-state index is 0.0218. The highest BCUT2D eigenvalue weighted by Crippen LogP contribution is 2.28. The average Bonchev–Trinajstić information content (AvgIpc) is 2.58. The lowest BCUT2D eigenvalue weighted by atomic mass is 9.97.